The molecule has 0 spiro atoms. The van der Waals surface area contributed by atoms with Gasteiger partial charge in [0, 0.05) is 6.04 Å². The monoisotopic (exact) mass is 212 g/mol. The largest absolute Gasteiger partial charge is 0.378 e. The molecule has 4 nitrogen and oxygen atoms in total. The smallest absolute Gasteiger partial charge is 0.225 e. The summed E-state index contributed by atoms with van der Waals surface area (Å²) in [5, 5.41) is 6.41. The maximum atomic E-state index is 11.8. The van der Waals surface area contributed by atoms with E-state index in [2.05, 4.69) is 10.6 Å². The molecule has 2 fully saturated rings. The van der Waals surface area contributed by atoms with Crippen LogP contribution in [-0.4, -0.2) is 37.7 Å². The lowest BCUT2D eigenvalue weighted by Crippen LogP contribution is -2.45. The Labute approximate surface area is 90.8 Å². The Morgan fingerprint density at radius 2 is 2.13 bits per heavy atom. The van der Waals surface area contributed by atoms with E-state index in [-0.39, 0.29) is 17.9 Å². The number of carbonyl (C=O) groups is 1. The lowest BCUT2D eigenvalue weighted by atomic mass is 10.0. The summed E-state index contributed by atoms with van der Waals surface area (Å²) in [5.74, 6) is 0.265. The predicted octanol–water partition coefficient (Wildman–Crippen LogP) is 0.280. The highest BCUT2D eigenvalue weighted by atomic mass is 16.5. The zero-order valence-corrected chi connectivity index (χ0v) is 9.29. The minimum atomic E-state index is 0.0786. The fourth-order valence-electron chi connectivity index (χ4n) is 2.29. The molecule has 1 amide bonds. The first-order valence-corrected chi connectivity index (χ1v) is 5.88. The van der Waals surface area contributed by atoms with Gasteiger partial charge in [-0.25, -0.2) is 0 Å². The van der Waals surface area contributed by atoms with Crippen LogP contribution in [-0.2, 0) is 9.53 Å². The Bertz CT molecular complexity index is 227. The molecule has 2 saturated heterocycles. The first-order valence-electron chi connectivity index (χ1n) is 5.88. The van der Waals surface area contributed by atoms with Gasteiger partial charge >= 0.3 is 0 Å². The number of piperidine rings is 1. The summed E-state index contributed by atoms with van der Waals surface area (Å²) in [6.45, 7) is 4.65. The number of amides is 1. The van der Waals surface area contributed by atoms with Crippen LogP contribution in [0.1, 0.15) is 26.2 Å². The number of nitrogens with one attached hydrogen (secondary N) is 2. The van der Waals surface area contributed by atoms with Crippen molar-refractivity contribution in [2.75, 3.05) is 19.7 Å². The third-order valence-electron chi connectivity index (χ3n) is 3.25. The van der Waals surface area contributed by atoms with E-state index in [9.17, 15) is 4.79 Å². The Balaban J connectivity index is 1.76. The molecule has 2 aliphatic rings. The fourth-order valence-corrected chi connectivity index (χ4v) is 2.29. The van der Waals surface area contributed by atoms with E-state index >= 15 is 0 Å². The summed E-state index contributed by atoms with van der Waals surface area (Å²) in [6.07, 6.45) is 3.22. The summed E-state index contributed by atoms with van der Waals surface area (Å²) in [4.78, 5) is 11.8. The first-order chi connectivity index (χ1) is 7.25. The maximum Gasteiger partial charge on any atom is 0.225 e. The molecule has 0 aromatic rings. The van der Waals surface area contributed by atoms with Crippen LogP contribution in [0.4, 0.5) is 0 Å². The van der Waals surface area contributed by atoms with Gasteiger partial charge in [-0.3, -0.25) is 4.79 Å². The van der Waals surface area contributed by atoms with Gasteiger partial charge in [0.1, 0.15) is 0 Å². The SMILES string of the molecule is CC1CC(C(=O)NC2CCNCC2)CO1. The van der Waals surface area contributed by atoms with Crippen LogP contribution in [0.2, 0.25) is 0 Å². The molecule has 2 aliphatic heterocycles. The van der Waals surface area contributed by atoms with E-state index in [0.29, 0.717) is 12.6 Å². The average Bonchev–Trinajstić information content (AvgIpc) is 2.66. The van der Waals surface area contributed by atoms with Crippen LogP contribution in [0.3, 0.4) is 0 Å². The summed E-state index contributed by atoms with van der Waals surface area (Å²) < 4.78 is 5.40. The molecule has 2 unspecified atom stereocenters. The zero-order valence-electron chi connectivity index (χ0n) is 9.29. The second kappa shape index (κ2) is 4.94. The quantitative estimate of drug-likeness (QED) is 0.691. The Morgan fingerprint density at radius 1 is 1.40 bits per heavy atom. The van der Waals surface area contributed by atoms with Gasteiger partial charge in [-0.2, -0.15) is 0 Å². The van der Waals surface area contributed by atoms with Gasteiger partial charge in [0.05, 0.1) is 18.6 Å². The molecule has 0 bridgehead atoms. The second-order valence-corrected chi connectivity index (χ2v) is 4.61. The molecule has 15 heavy (non-hydrogen) atoms. The summed E-state index contributed by atoms with van der Waals surface area (Å²) in [5.41, 5.74) is 0. The van der Waals surface area contributed by atoms with Crippen molar-refractivity contribution in [2.24, 2.45) is 5.92 Å². The van der Waals surface area contributed by atoms with E-state index in [1.165, 1.54) is 0 Å². The number of rotatable bonds is 2. The number of ether oxygens (including phenoxy) is 1. The second-order valence-electron chi connectivity index (χ2n) is 4.61. The molecule has 2 heterocycles. The predicted molar refractivity (Wildman–Crippen MR) is 57.6 cm³/mol. The normalized spacial score (nSPS) is 32.9. The Hall–Kier alpha value is -0.610. The van der Waals surface area contributed by atoms with E-state index < -0.39 is 0 Å². The van der Waals surface area contributed by atoms with Crippen molar-refractivity contribution in [2.45, 2.75) is 38.3 Å². The summed E-state index contributed by atoms with van der Waals surface area (Å²) >= 11 is 0. The fraction of sp³-hybridized carbons (Fsp3) is 0.909. The molecule has 2 rings (SSSR count). The van der Waals surface area contributed by atoms with Crippen molar-refractivity contribution >= 4 is 5.91 Å². The highest BCUT2D eigenvalue weighted by Crippen LogP contribution is 2.19. The van der Waals surface area contributed by atoms with Crippen LogP contribution in [0.25, 0.3) is 0 Å². The van der Waals surface area contributed by atoms with Gasteiger partial charge < -0.3 is 15.4 Å². The molecule has 0 aromatic heterocycles. The van der Waals surface area contributed by atoms with Gasteiger partial charge in [0.25, 0.3) is 0 Å². The number of carbonyl (C=O) groups excluding carboxylic acids is 1. The number of hydrogen-bond donors (Lipinski definition) is 2. The summed E-state index contributed by atoms with van der Waals surface area (Å²) in [7, 11) is 0. The van der Waals surface area contributed by atoms with Crippen molar-refractivity contribution in [1.82, 2.24) is 10.6 Å². The van der Waals surface area contributed by atoms with Gasteiger partial charge in [-0.1, -0.05) is 0 Å². The minimum Gasteiger partial charge on any atom is -0.378 e. The van der Waals surface area contributed by atoms with Crippen molar-refractivity contribution in [3.8, 4) is 0 Å². The van der Waals surface area contributed by atoms with E-state index in [1.807, 2.05) is 6.92 Å². The van der Waals surface area contributed by atoms with E-state index in [4.69, 9.17) is 4.74 Å². The molecule has 0 aromatic carbocycles. The molecule has 0 aliphatic carbocycles. The van der Waals surface area contributed by atoms with Gasteiger partial charge in [0.15, 0.2) is 0 Å². The highest BCUT2D eigenvalue weighted by molar-refractivity contribution is 5.79. The molecule has 2 N–H and O–H groups in total. The van der Waals surface area contributed by atoms with Crippen molar-refractivity contribution in [3.63, 3.8) is 0 Å². The maximum absolute atomic E-state index is 11.8. The van der Waals surface area contributed by atoms with Gasteiger partial charge in [-0.05, 0) is 39.3 Å². The first kappa shape index (κ1) is 10.9. The lowest BCUT2D eigenvalue weighted by molar-refractivity contribution is -0.125. The third kappa shape index (κ3) is 2.92. The van der Waals surface area contributed by atoms with Crippen LogP contribution >= 0.6 is 0 Å². The Morgan fingerprint density at radius 3 is 2.73 bits per heavy atom. The zero-order chi connectivity index (χ0) is 10.7. The van der Waals surface area contributed by atoms with Crippen molar-refractivity contribution in [1.29, 1.82) is 0 Å². The topological polar surface area (TPSA) is 50.4 Å². The number of hydrogen-bond acceptors (Lipinski definition) is 3. The molecule has 0 saturated carbocycles. The molecule has 4 heteroatoms. The molecule has 0 radical (unpaired) electrons. The van der Waals surface area contributed by atoms with Crippen LogP contribution in [0, 0.1) is 5.92 Å². The highest BCUT2D eigenvalue weighted by Gasteiger charge is 2.29. The van der Waals surface area contributed by atoms with E-state index in [1.54, 1.807) is 0 Å². The van der Waals surface area contributed by atoms with E-state index in [0.717, 1.165) is 32.4 Å². The van der Waals surface area contributed by atoms with Crippen LogP contribution < -0.4 is 10.6 Å². The van der Waals surface area contributed by atoms with Gasteiger partial charge in [0.2, 0.25) is 5.91 Å². The van der Waals surface area contributed by atoms with Crippen molar-refractivity contribution < 1.29 is 9.53 Å². The Kier molecular flexibility index (Phi) is 3.59. The average molecular weight is 212 g/mol. The minimum absolute atomic E-state index is 0.0786. The van der Waals surface area contributed by atoms with Gasteiger partial charge in [-0.15, -0.1) is 0 Å². The molecule has 86 valence electrons. The van der Waals surface area contributed by atoms with Crippen molar-refractivity contribution in [3.05, 3.63) is 0 Å². The third-order valence-corrected chi connectivity index (χ3v) is 3.25. The van der Waals surface area contributed by atoms with Crippen LogP contribution in [0.15, 0.2) is 0 Å². The molecular formula is C11H20N2O2. The van der Waals surface area contributed by atoms with Crippen LogP contribution in [0.5, 0.6) is 0 Å². The lowest BCUT2D eigenvalue weighted by Gasteiger charge is -2.24. The standard InChI is InChI=1S/C11H20N2O2/c1-8-6-9(7-15-8)11(14)13-10-2-4-12-5-3-10/h8-10,12H,2-7H2,1H3,(H,13,14). The molecular weight excluding hydrogens is 192 g/mol. The summed E-state index contributed by atoms with van der Waals surface area (Å²) in [6, 6.07) is 0.370. The molecule has 2 atom stereocenters.